The molecule has 2 aromatic carbocycles. The van der Waals surface area contributed by atoms with Crippen LogP contribution in [-0.4, -0.2) is 75.3 Å². The normalized spacial score (nSPS) is 15.3. The molecule has 6 N–H and O–H groups in total. The quantitative estimate of drug-likeness (QED) is 0.0824. The molecule has 2 aliphatic rings. The van der Waals surface area contributed by atoms with E-state index >= 15 is 0 Å². The summed E-state index contributed by atoms with van der Waals surface area (Å²) in [5, 5.41) is 24.0. The predicted octanol–water partition coefficient (Wildman–Crippen LogP) is 4.82. The monoisotopic (exact) mass is 813 g/mol. The Bertz CT molecular complexity index is 2640. The molecule has 6 aromatic rings. The Morgan fingerprint density at radius 1 is 0.983 bits per heavy atom. The molecular weight excluding hydrogens is 771 g/mol. The number of fused-ring (bicyclic) bond motifs is 2. The zero-order valence-corrected chi connectivity index (χ0v) is 33.2. The summed E-state index contributed by atoms with van der Waals surface area (Å²) in [6.45, 7) is 7.04. The number of anilines is 4. The van der Waals surface area contributed by atoms with Gasteiger partial charge in [-0.25, -0.2) is 14.8 Å². The van der Waals surface area contributed by atoms with E-state index in [0.717, 1.165) is 11.1 Å². The van der Waals surface area contributed by atoms with Crippen LogP contribution in [-0.2, 0) is 39.4 Å². The minimum absolute atomic E-state index is 0.165. The number of aromatic nitrogens is 7. The number of hydrogen-bond acceptors (Lipinski definition) is 12. The molecule has 1 unspecified atom stereocenters. The summed E-state index contributed by atoms with van der Waals surface area (Å²) >= 11 is 0. The van der Waals surface area contributed by atoms with E-state index in [1.807, 2.05) is 49.9 Å². The molecule has 308 valence electrons. The molecule has 6 heterocycles. The van der Waals surface area contributed by atoms with Gasteiger partial charge in [-0.15, -0.1) is 5.10 Å². The van der Waals surface area contributed by atoms with E-state index in [2.05, 4.69) is 46.7 Å². The van der Waals surface area contributed by atoms with Gasteiger partial charge < -0.3 is 30.4 Å². The molecule has 0 bridgehead atoms. The number of unbranched alkanes of at least 4 members (excludes halogenated alkanes) is 1. The van der Waals surface area contributed by atoms with Gasteiger partial charge in [-0.2, -0.15) is 0 Å². The number of benzene rings is 2. The third kappa shape index (κ3) is 8.27. The summed E-state index contributed by atoms with van der Waals surface area (Å²) in [7, 11) is 0. The van der Waals surface area contributed by atoms with Gasteiger partial charge in [0.15, 0.2) is 5.82 Å². The number of carbonyl (C=O) groups excluding carboxylic acids is 5. The number of rotatable bonds is 12. The van der Waals surface area contributed by atoms with Gasteiger partial charge in [-0.3, -0.25) is 34.5 Å². The Morgan fingerprint density at radius 2 is 1.80 bits per heavy atom. The van der Waals surface area contributed by atoms with Gasteiger partial charge in [0.1, 0.15) is 35.3 Å². The Hall–Kier alpha value is -7.44. The number of piperidine rings is 1. The van der Waals surface area contributed by atoms with Gasteiger partial charge in [0.2, 0.25) is 17.7 Å². The first-order chi connectivity index (χ1) is 28.8. The highest BCUT2D eigenvalue weighted by atomic mass is 16.5. The number of nitrogens with two attached hydrogens (primary N) is 1. The molecule has 4 aromatic heterocycles. The molecule has 6 amide bonds. The fraction of sp³-hybridized carbons (Fsp3) is 0.317. The summed E-state index contributed by atoms with van der Waals surface area (Å²) in [6.07, 6.45) is 7.12. The predicted molar refractivity (Wildman–Crippen MR) is 219 cm³/mol. The number of aryl methyl sites for hydroxylation is 1. The van der Waals surface area contributed by atoms with Crippen LogP contribution in [0.15, 0.2) is 71.8 Å². The summed E-state index contributed by atoms with van der Waals surface area (Å²) in [6, 6.07) is 12.9. The molecule has 0 spiro atoms. The average molecular weight is 814 g/mol. The average Bonchev–Trinajstić information content (AvgIpc) is 4.01. The summed E-state index contributed by atoms with van der Waals surface area (Å²) < 4.78 is 9.01. The smallest absolute Gasteiger partial charge is 0.324 e. The van der Waals surface area contributed by atoms with Crippen LogP contribution >= 0.6 is 0 Å². The number of hydrogen-bond donors (Lipinski definition) is 5. The second kappa shape index (κ2) is 16.1. The molecular formula is C41H43N13O6. The molecule has 0 saturated carbocycles. The highest BCUT2D eigenvalue weighted by molar-refractivity contribution is 6.07. The van der Waals surface area contributed by atoms with Gasteiger partial charge in [-0.1, -0.05) is 49.3 Å². The molecule has 8 rings (SSSR count). The first kappa shape index (κ1) is 39.4. The van der Waals surface area contributed by atoms with Crippen LogP contribution in [0.5, 0.6) is 0 Å². The van der Waals surface area contributed by atoms with Crippen molar-refractivity contribution < 1.29 is 28.5 Å². The van der Waals surface area contributed by atoms with Gasteiger partial charge in [0.05, 0.1) is 18.1 Å². The van der Waals surface area contributed by atoms with Crippen molar-refractivity contribution in [2.24, 2.45) is 0 Å². The van der Waals surface area contributed by atoms with Crippen molar-refractivity contribution in [3.63, 3.8) is 0 Å². The van der Waals surface area contributed by atoms with Crippen molar-refractivity contribution in [3.05, 3.63) is 89.8 Å². The number of imide groups is 1. The minimum atomic E-state index is -0.734. The molecule has 2 aliphatic heterocycles. The van der Waals surface area contributed by atoms with Crippen LogP contribution in [0.2, 0.25) is 0 Å². The maximum absolute atomic E-state index is 13.1. The van der Waals surface area contributed by atoms with E-state index in [-0.39, 0.29) is 48.9 Å². The van der Waals surface area contributed by atoms with Gasteiger partial charge in [0, 0.05) is 71.7 Å². The Kier molecular flexibility index (Phi) is 10.6. The van der Waals surface area contributed by atoms with E-state index in [0.29, 0.717) is 82.6 Å². The van der Waals surface area contributed by atoms with Crippen molar-refractivity contribution in [3.8, 4) is 11.1 Å². The van der Waals surface area contributed by atoms with Crippen molar-refractivity contribution in [1.29, 1.82) is 0 Å². The number of nitrogen functional groups attached to an aromatic ring is 1. The number of amides is 6. The zero-order valence-electron chi connectivity index (χ0n) is 33.2. The maximum atomic E-state index is 13.1. The second-order valence-corrected chi connectivity index (χ2v) is 15.8. The molecule has 0 radical (unpaired) electrons. The van der Waals surface area contributed by atoms with Crippen molar-refractivity contribution in [1.82, 2.24) is 44.9 Å². The van der Waals surface area contributed by atoms with Crippen LogP contribution in [0.3, 0.4) is 0 Å². The first-order valence-electron chi connectivity index (χ1n) is 19.5. The third-order valence-corrected chi connectivity index (χ3v) is 10.4. The van der Waals surface area contributed by atoms with Crippen LogP contribution in [0.25, 0.3) is 22.2 Å². The lowest BCUT2D eigenvalue weighted by Gasteiger charge is -2.29. The Balaban J connectivity index is 0.848. The fourth-order valence-corrected chi connectivity index (χ4v) is 7.36. The van der Waals surface area contributed by atoms with Crippen LogP contribution in [0.4, 0.5) is 27.8 Å². The molecule has 1 atom stereocenters. The standard InChI is InChI=1S/C41H43N13O6/c1-41(2,3)31-17-32(50-60-31)47-40(59)45-24-12-10-23(11-13-24)27-20-52(37-35(27)36(42)43-22-44-37)18-25-19-53(51-49-25)16-5-4-9-33(55)46-29-8-6-7-26-28(29)21-54(39(26)58)30-14-15-34(56)48-38(30)57/h6-8,10-13,17,19-20,22,30H,4-5,9,14-16,18,21H2,1-3H3,(H,46,55)(H2,42,43,44)(H,48,56,57)(H2,45,47,50,59). The summed E-state index contributed by atoms with van der Waals surface area (Å²) in [5.74, 6) is -0.0318. The summed E-state index contributed by atoms with van der Waals surface area (Å²) in [4.78, 5) is 73.1. The Labute approximate surface area is 343 Å². The van der Waals surface area contributed by atoms with Gasteiger partial charge >= 0.3 is 6.03 Å². The van der Waals surface area contributed by atoms with E-state index in [1.165, 1.54) is 11.2 Å². The van der Waals surface area contributed by atoms with E-state index in [1.54, 1.807) is 41.1 Å². The lowest BCUT2D eigenvalue weighted by atomic mass is 9.93. The number of nitrogens with one attached hydrogen (secondary N) is 4. The lowest BCUT2D eigenvalue weighted by molar-refractivity contribution is -0.137. The molecule has 60 heavy (non-hydrogen) atoms. The fourth-order valence-electron chi connectivity index (χ4n) is 7.36. The number of urea groups is 1. The lowest BCUT2D eigenvalue weighted by Crippen LogP contribution is -2.52. The maximum Gasteiger partial charge on any atom is 0.324 e. The zero-order chi connectivity index (χ0) is 42.1. The first-order valence-corrected chi connectivity index (χ1v) is 19.5. The van der Waals surface area contributed by atoms with Crippen molar-refractivity contribution >= 4 is 63.7 Å². The highest BCUT2D eigenvalue weighted by Crippen LogP contribution is 2.35. The largest absolute Gasteiger partial charge is 0.383 e. The van der Waals surface area contributed by atoms with E-state index in [4.69, 9.17) is 10.3 Å². The van der Waals surface area contributed by atoms with Crippen molar-refractivity contribution in [2.45, 2.75) is 84.0 Å². The molecule has 1 saturated heterocycles. The van der Waals surface area contributed by atoms with E-state index < -0.39 is 18.0 Å². The Morgan fingerprint density at radius 3 is 2.57 bits per heavy atom. The van der Waals surface area contributed by atoms with Crippen LogP contribution in [0, 0.1) is 0 Å². The highest BCUT2D eigenvalue weighted by Gasteiger charge is 2.40. The van der Waals surface area contributed by atoms with Crippen LogP contribution in [0.1, 0.15) is 80.3 Å². The second-order valence-electron chi connectivity index (χ2n) is 15.8. The molecule has 1 fully saturated rings. The SMILES string of the molecule is CC(C)(C)c1cc(NC(=O)Nc2ccc(-c3cn(Cc4cn(CCCCC(=O)Nc5cccc6c5CN(C5CCC(=O)NC5=O)C6=O)nn4)c4ncnc(N)c34)cc2)no1. The molecule has 0 aliphatic carbocycles. The van der Waals surface area contributed by atoms with Crippen LogP contribution < -0.4 is 27.0 Å². The summed E-state index contributed by atoms with van der Waals surface area (Å²) in [5.41, 5.74) is 11.3. The minimum Gasteiger partial charge on any atom is -0.383 e. The topological polar surface area (TPSA) is 250 Å². The van der Waals surface area contributed by atoms with E-state index in [9.17, 15) is 24.0 Å². The van der Waals surface area contributed by atoms with Crippen molar-refractivity contribution in [2.75, 3.05) is 21.7 Å². The number of carbonyl (C=O) groups is 5. The third-order valence-electron chi connectivity index (χ3n) is 10.4. The van der Waals surface area contributed by atoms with Gasteiger partial charge in [0.25, 0.3) is 5.91 Å². The molecule has 19 heteroatoms. The molecule has 19 nitrogen and oxygen atoms in total. The number of nitrogens with zero attached hydrogens (tertiary/aromatic N) is 8. The van der Waals surface area contributed by atoms with Gasteiger partial charge in [-0.05, 0) is 49.1 Å².